The summed E-state index contributed by atoms with van der Waals surface area (Å²) in [5, 5.41) is 26.5. The maximum atomic E-state index is 13.3. The second-order valence-electron chi connectivity index (χ2n) is 5.84. The molecule has 1 aromatic heterocycles. The fraction of sp³-hybridized carbons (Fsp3) is 0.0526. The number of hydrogen-bond donors (Lipinski definition) is 3. The molecule has 26 heavy (non-hydrogen) atoms. The number of phenolic OH excluding ortho intramolecular Hbond substituents is 1. The van der Waals surface area contributed by atoms with Gasteiger partial charge in [-0.3, -0.25) is 5.10 Å². The number of benzene rings is 2. The van der Waals surface area contributed by atoms with E-state index in [1.165, 1.54) is 12.1 Å². The Bertz CT molecular complexity index is 1060. The molecule has 3 aromatic rings. The normalized spacial score (nSPS) is 15.9. The molecule has 1 aliphatic heterocycles. The number of H-pyrrole nitrogens is 1. The van der Waals surface area contributed by atoms with Gasteiger partial charge in [0.1, 0.15) is 23.2 Å². The molecule has 0 bridgehead atoms. The number of halogens is 1. The van der Waals surface area contributed by atoms with Crippen LogP contribution in [0, 0.1) is 17.1 Å². The van der Waals surface area contributed by atoms with Crippen LogP contribution in [0.2, 0.25) is 0 Å². The highest BCUT2D eigenvalue weighted by molar-refractivity contribution is 5.70. The number of nitrogens with two attached hydrogens (primary N) is 1. The van der Waals surface area contributed by atoms with Gasteiger partial charge in [-0.1, -0.05) is 12.1 Å². The molecule has 0 saturated heterocycles. The zero-order valence-electron chi connectivity index (χ0n) is 13.4. The van der Waals surface area contributed by atoms with Crippen LogP contribution >= 0.6 is 0 Å². The van der Waals surface area contributed by atoms with E-state index in [0.717, 1.165) is 0 Å². The van der Waals surface area contributed by atoms with E-state index in [2.05, 4.69) is 16.3 Å². The largest absolute Gasteiger partial charge is 0.508 e. The molecule has 2 heterocycles. The van der Waals surface area contributed by atoms with Crippen LogP contribution in [0.3, 0.4) is 0 Å². The Labute approximate surface area is 148 Å². The molecule has 1 aliphatic rings. The Hall–Kier alpha value is -3.79. The van der Waals surface area contributed by atoms with Crippen molar-refractivity contribution in [3.05, 3.63) is 76.9 Å². The predicted molar refractivity (Wildman–Crippen MR) is 91.4 cm³/mol. The van der Waals surface area contributed by atoms with Crippen molar-refractivity contribution in [1.82, 2.24) is 10.2 Å². The quantitative estimate of drug-likeness (QED) is 0.659. The summed E-state index contributed by atoms with van der Waals surface area (Å²) in [6, 6.07) is 14.5. The van der Waals surface area contributed by atoms with Gasteiger partial charge in [-0.2, -0.15) is 5.26 Å². The zero-order chi connectivity index (χ0) is 18.3. The van der Waals surface area contributed by atoms with Crippen molar-refractivity contribution in [3.63, 3.8) is 0 Å². The minimum absolute atomic E-state index is 0.0366. The van der Waals surface area contributed by atoms with Crippen LogP contribution in [0.15, 0.2) is 60.0 Å². The summed E-state index contributed by atoms with van der Waals surface area (Å²) < 4.78 is 18.8. The van der Waals surface area contributed by atoms with Crippen molar-refractivity contribution in [2.75, 3.05) is 0 Å². The van der Waals surface area contributed by atoms with E-state index >= 15 is 0 Å². The Morgan fingerprint density at radius 3 is 2.69 bits per heavy atom. The van der Waals surface area contributed by atoms with Crippen LogP contribution in [-0.4, -0.2) is 15.3 Å². The van der Waals surface area contributed by atoms with Gasteiger partial charge in [0.05, 0.1) is 17.2 Å². The Morgan fingerprint density at radius 2 is 2.00 bits per heavy atom. The van der Waals surface area contributed by atoms with Crippen LogP contribution in [0.1, 0.15) is 17.0 Å². The fourth-order valence-corrected chi connectivity index (χ4v) is 3.12. The van der Waals surface area contributed by atoms with Crippen molar-refractivity contribution in [2.45, 2.75) is 5.92 Å². The molecular weight excluding hydrogens is 335 g/mol. The number of nitrogens with one attached hydrogen (secondary N) is 1. The van der Waals surface area contributed by atoms with E-state index in [4.69, 9.17) is 10.5 Å². The molecule has 6 nitrogen and oxygen atoms in total. The molecule has 7 heteroatoms. The number of nitriles is 1. The average molecular weight is 348 g/mol. The van der Waals surface area contributed by atoms with Crippen molar-refractivity contribution in [2.24, 2.45) is 5.73 Å². The number of aromatic nitrogens is 2. The molecule has 128 valence electrons. The Kier molecular flexibility index (Phi) is 3.59. The van der Waals surface area contributed by atoms with Gasteiger partial charge in [-0.05, 0) is 42.0 Å². The summed E-state index contributed by atoms with van der Waals surface area (Å²) >= 11 is 0. The number of phenols is 1. The third-order valence-electron chi connectivity index (χ3n) is 4.28. The first-order valence-corrected chi connectivity index (χ1v) is 7.79. The van der Waals surface area contributed by atoms with E-state index in [9.17, 15) is 14.8 Å². The Morgan fingerprint density at radius 1 is 1.23 bits per heavy atom. The Balaban J connectivity index is 1.95. The lowest BCUT2D eigenvalue weighted by Gasteiger charge is -2.24. The molecule has 0 unspecified atom stereocenters. The first kappa shape index (κ1) is 15.7. The highest BCUT2D eigenvalue weighted by atomic mass is 19.1. The number of nitrogens with zero attached hydrogens (tertiary/aromatic N) is 2. The third kappa shape index (κ3) is 2.45. The first-order chi connectivity index (χ1) is 12.6. The van der Waals surface area contributed by atoms with E-state index < -0.39 is 5.92 Å². The maximum absolute atomic E-state index is 13.3. The third-order valence-corrected chi connectivity index (χ3v) is 4.28. The van der Waals surface area contributed by atoms with Crippen molar-refractivity contribution < 1.29 is 14.2 Å². The van der Waals surface area contributed by atoms with Gasteiger partial charge in [-0.25, -0.2) is 4.39 Å². The molecule has 4 rings (SSSR count). The molecule has 2 aromatic carbocycles. The molecule has 1 atom stereocenters. The van der Waals surface area contributed by atoms with Gasteiger partial charge in [0.25, 0.3) is 0 Å². The van der Waals surface area contributed by atoms with E-state index in [1.54, 1.807) is 36.4 Å². The van der Waals surface area contributed by atoms with Crippen molar-refractivity contribution in [1.29, 1.82) is 5.26 Å². The highest BCUT2D eigenvalue weighted by Crippen LogP contribution is 2.45. The predicted octanol–water partition coefficient (Wildman–Crippen LogP) is 3.14. The van der Waals surface area contributed by atoms with E-state index in [1.807, 2.05) is 0 Å². The fourth-order valence-electron chi connectivity index (χ4n) is 3.12. The van der Waals surface area contributed by atoms with Crippen LogP contribution < -0.4 is 10.5 Å². The standard InChI is InChI=1S/C19H13FN4O2/c20-12-6-4-10(5-7-12)17-16-15(11-2-1-3-13(25)8-11)14(9-21)18(22)26-19(16)24-23-17/h1-8,15,25H,22H2,(H,23,24)/t15-/m0/s1. The number of fused-ring (bicyclic) bond motifs is 1. The van der Waals surface area contributed by atoms with Crippen LogP contribution in [-0.2, 0) is 0 Å². The molecule has 0 amide bonds. The van der Waals surface area contributed by atoms with E-state index in [0.29, 0.717) is 22.4 Å². The van der Waals surface area contributed by atoms with Gasteiger partial charge >= 0.3 is 0 Å². The monoisotopic (exact) mass is 348 g/mol. The molecule has 0 radical (unpaired) electrons. The summed E-state index contributed by atoms with van der Waals surface area (Å²) in [4.78, 5) is 0. The molecule has 0 aliphatic carbocycles. The lowest BCUT2D eigenvalue weighted by Crippen LogP contribution is -2.20. The average Bonchev–Trinajstić information content (AvgIpc) is 3.04. The zero-order valence-corrected chi connectivity index (χ0v) is 13.4. The van der Waals surface area contributed by atoms with E-state index in [-0.39, 0.29) is 28.9 Å². The molecular formula is C19H13FN4O2. The summed E-state index contributed by atoms with van der Waals surface area (Å²) in [7, 11) is 0. The second-order valence-corrected chi connectivity index (χ2v) is 5.84. The topological polar surface area (TPSA) is 108 Å². The van der Waals surface area contributed by atoms with Crippen LogP contribution in [0.5, 0.6) is 11.6 Å². The molecule has 0 spiro atoms. The lowest BCUT2D eigenvalue weighted by atomic mass is 9.83. The van der Waals surface area contributed by atoms with Gasteiger partial charge in [0, 0.05) is 5.56 Å². The number of rotatable bonds is 2. The van der Waals surface area contributed by atoms with Crippen LogP contribution in [0.4, 0.5) is 4.39 Å². The molecule has 4 N–H and O–H groups in total. The van der Waals surface area contributed by atoms with Gasteiger partial charge in [0.15, 0.2) is 0 Å². The summed E-state index contributed by atoms with van der Waals surface area (Å²) in [6.45, 7) is 0. The first-order valence-electron chi connectivity index (χ1n) is 7.79. The number of ether oxygens (including phenoxy) is 1. The number of aromatic hydroxyl groups is 1. The highest BCUT2D eigenvalue weighted by Gasteiger charge is 2.35. The maximum Gasteiger partial charge on any atom is 0.244 e. The minimum Gasteiger partial charge on any atom is -0.508 e. The van der Waals surface area contributed by atoms with Gasteiger partial charge in [0.2, 0.25) is 11.8 Å². The summed E-state index contributed by atoms with van der Waals surface area (Å²) in [6.07, 6.45) is 0. The minimum atomic E-state index is -0.574. The second kappa shape index (κ2) is 5.93. The SMILES string of the molecule is N#CC1=C(N)Oc2n[nH]c(-c3ccc(F)cc3)c2[C@H]1c1cccc(O)c1. The summed E-state index contributed by atoms with van der Waals surface area (Å²) in [5.74, 6) is -0.655. The van der Waals surface area contributed by atoms with Crippen LogP contribution in [0.25, 0.3) is 11.3 Å². The number of allylic oxidation sites excluding steroid dienone is 1. The number of hydrogen-bond acceptors (Lipinski definition) is 5. The smallest absolute Gasteiger partial charge is 0.244 e. The van der Waals surface area contributed by atoms with Gasteiger partial charge in [-0.15, -0.1) is 5.10 Å². The number of aromatic amines is 1. The molecule has 0 saturated carbocycles. The van der Waals surface area contributed by atoms with Crippen molar-refractivity contribution >= 4 is 0 Å². The van der Waals surface area contributed by atoms with Gasteiger partial charge < -0.3 is 15.6 Å². The summed E-state index contributed by atoms with van der Waals surface area (Å²) in [5.41, 5.74) is 8.67. The van der Waals surface area contributed by atoms with Crippen molar-refractivity contribution in [3.8, 4) is 29.0 Å². The molecule has 0 fully saturated rings. The lowest BCUT2D eigenvalue weighted by molar-refractivity contribution is 0.378.